The number of morpholine rings is 1. The number of nitrogens with zero attached hydrogens (tertiary/aromatic N) is 3. The molecular formula is C24H27F3N6O2. The van der Waals surface area contributed by atoms with Gasteiger partial charge in [-0.15, -0.1) is 0 Å². The van der Waals surface area contributed by atoms with E-state index in [0.717, 1.165) is 12.1 Å². The number of nitrogens with two attached hydrogens (primary N) is 1. The van der Waals surface area contributed by atoms with Crippen molar-refractivity contribution in [1.82, 2.24) is 14.9 Å². The molecule has 1 aromatic heterocycles. The van der Waals surface area contributed by atoms with Gasteiger partial charge in [0.05, 0.1) is 35.9 Å². The number of nitrogen functional groups attached to an aromatic ring is 1. The minimum Gasteiger partial charge on any atom is -0.399 e. The Hall–Kier alpha value is -3.60. The summed E-state index contributed by atoms with van der Waals surface area (Å²) in [6.07, 6.45) is -4.51. The maximum Gasteiger partial charge on any atom is 0.416 e. The molecule has 186 valence electrons. The topological polar surface area (TPSA) is 105 Å². The molecule has 35 heavy (non-hydrogen) atoms. The number of carbonyl (C=O) groups is 1. The third kappa shape index (κ3) is 5.24. The van der Waals surface area contributed by atoms with Crippen LogP contribution in [0.1, 0.15) is 40.3 Å². The Morgan fingerprint density at radius 3 is 2.51 bits per heavy atom. The van der Waals surface area contributed by atoms with Crippen molar-refractivity contribution >= 4 is 34.0 Å². The molecule has 0 radical (unpaired) electrons. The molecule has 2 heterocycles. The number of benzene rings is 2. The first kappa shape index (κ1) is 24.5. The van der Waals surface area contributed by atoms with E-state index in [0.29, 0.717) is 65.7 Å². The first-order chi connectivity index (χ1) is 16.6. The normalized spacial score (nSPS) is 15.2. The summed E-state index contributed by atoms with van der Waals surface area (Å²) in [5.41, 5.74) is 6.95. The molecule has 0 saturated carbocycles. The highest BCUT2D eigenvalue weighted by molar-refractivity contribution is 6.05. The summed E-state index contributed by atoms with van der Waals surface area (Å²) in [5, 5.41) is 6.89. The lowest BCUT2D eigenvalue weighted by Crippen LogP contribution is -2.40. The van der Waals surface area contributed by atoms with Gasteiger partial charge in [-0.05, 0) is 49.7 Å². The zero-order valence-corrected chi connectivity index (χ0v) is 19.7. The van der Waals surface area contributed by atoms with E-state index in [1.807, 2.05) is 0 Å². The highest BCUT2D eigenvalue weighted by atomic mass is 19.4. The lowest BCUT2D eigenvalue weighted by atomic mass is 10.0. The Labute approximate surface area is 200 Å². The second kappa shape index (κ2) is 9.57. The van der Waals surface area contributed by atoms with Crippen molar-refractivity contribution in [2.75, 3.05) is 49.7 Å². The summed E-state index contributed by atoms with van der Waals surface area (Å²) in [4.78, 5) is 23.9. The Morgan fingerprint density at radius 2 is 1.86 bits per heavy atom. The van der Waals surface area contributed by atoms with Crippen LogP contribution in [-0.2, 0) is 10.9 Å². The summed E-state index contributed by atoms with van der Waals surface area (Å²) in [6, 6.07) is 6.44. The van der Waals surface area contributed by atoms with E-state index >= 15 is 0 Å². The van der Waals surface area contributed by atoms with Crippen molar-refractivity contribution in [2.24, 2.45) is 0 Å². The van der Waals surface area contributed by atoms with Crippen molar-refractivity contribution in [3.63, 3.8) is 0 Å². The molecule has 1 fully saturated rings. The minimum absolute atomic E-state index is 0.0240. The zero-order chi connectivity index (χ0) is 25.3. The second-order valence-corrected chi connectivity index (χ2v) is 8.44. The van der Waals surface area contributed by atoms with Gasteiger partial charge < -0.3 is 26.0 Å². The van der Waals surface area contributed by atoms with Crippen molar-refractivity contribution < 1.29 is 22.7 Å². The summed E-state index contributed by atoms with van der Waals surface area (Å²) >= 11 is 0. The van der Waals surface area contributed by atoms with Crippen LogP contribution in [0.5, 0.6) is 0 Å². The molecule has 8 nitrogen and oxygen atoms in total. The molecule has 1 amide bonds. The molecule has 1 aliphatic rings. The largest absolute Gasteiger partial charge is 0.416 e. The maximum absolute atomic E-state index is 13.3. The van der Waals surface area contributed by atoms with E-state index in [2.05, 4.69) is 20.6 Å². The van der Waals surface area contributed by atoms with E-state index in [9.17, 15) is 18.0 Å². The average Bonchev–Trinajstić information content (AvgIpc) is 2.82. The van der Waals surface area contributed by atoms with Gasteiger partial charge in [0.15, 0.2) is 0 Å². The summed E-state index contributed by atoms with van der Waals surface area (Å²) in [6.45, 7) is 5.43. The van der Waals surface area contributed by atoms with E-state index in [4.69, 9.17) is 10.5 Å². The number of fused-ring (bicyclic) bond motifs is 1. The van der Waals surface area contributed by atoms with Crippen LogP contribution in [-0.4, -0.2) is 54.1 Å². The number of hydrogen-bond acceptors (Lipinski definition) is 7. The maximum atomic E-state index is 13.3. The minimum atomic E-state index is -4.51. The number of alkyl halides is 3. The number of aromatic nitrogens is 2. The van der Waals surface area contributed by atoms with Crippen molar-refractivity contribution in [1.29, 1.82) is 0 Å². The predicted molar refractivity (Wildman–Crippen MR) is 128 cm³/mol. The van der Waals surface area contributed by atoms with Gasteiger partial charge in [-0.25, -0.2) is 9.97 Å². The van der Waals surface area contributed by atoms with Gasteiger partial charge in [0, 0.05) is 36.9 Å². The van der Waals surface area contributed by atoms with Gasteiger partial charge in [0.25, 0.3) is 5.91 Å². The molecule has 0 bridgehead atoms. The van der Waals surface area contributed by atoms with Crippen LogP contribution in [0.4, 0.5) is 30.4 Å². The second-order valence-electron chi connectivity index (χ2n) is 8.44. The molecule has 1 aliphatic heterocycles. The molecule has 11 heteroatoms. The van der Waals surface area contributed by atoms with Crippen molar-refractivity contribution in [3.8, 4) is 0 Å². The van der Waals surface area contributed by atoms with Gasteiger partial charge in [0.1, 0.15) is 11.6 Å². The SMILES string of the molecule is CNc1cc2c(N[C@H](C)c3cc(N)cc(C(F)(F)F)c3)nc(C)nc2cc1C(=O)N1CCOCC1. The predicted octanol–water partition coefficient (Wildman–Crippen LogP) is 4.23. The fourth-order valence-electron chi connectivity index (χ4n) is 4.10. The smallest absolute Gasteiger partial charge is 0.399 e. The molecule has 0 aliphatic carbocycles. The molecule has 0 unspecified atom stereocenters. The number of halogens is 3. The summed E-state index contributed by atoms with van der Waals surface area (Å²) in [7, 11) is 1.72. The number of aryl methyl sites for hydroxylation is 1. The monoisotopic (exact) mass is 488 g/mol. The van der Waals surface area contributed by atoms with Gasteiger partial charge in [-0.3, -0.25) is 4.79 Å². The fraction of sp³-hybridized carbons (Fsp3) is 0.375. The quantitative estimate of drug-likeness (QED) is 0.462. The first-order valence-corrected chi connectivity index (χ1v) is 11.2. The van der Waals surface area contributed by atoms with Crippen LogP contribution < -0.4 is 16.4 Å². The molecule has 1 atom stereocenters. The molecule has 2 aromatic carbocycles. The Bertz CT molecular complexity index is 1260. The highest BCUT2D eigenvalue weighted by Gasteiger charge is 2.31. The molecule has 3 aromatic rings. The number of hydrogen-bond donors (Lipinski definition) is 3. The third-order valence-electron chi connectivity index (χ3n) is 5.90. The average molecular weight is 489 g/mol. The number of rotatable bonds is 5. The lowest BCUT2D eigenvalue weighted by molar-refractivity contribution is -0.137. The number of amides is 1. The Balaban J connectivity index is 1.72. The first-order valence-electron chi connectivity index (χ1n) is 11.2. The number of nitrogens with one attached hydrogen (secondary N) is 2. The van der Waals surface area contributed by atoms with E-state index in [1.54, 1.807) is 37.9 Å². The molecule has 4 N–H and O–H groups in total. The number of carbonyl (C=O) groups excluding carboxylic acids is 1. The standard InChI is InChI=1S/C24H27F3N6O2/c1-13(15-8-16(24(25,26)27)10-17(28)9-15)30-22-18-11-20(29-3)19(12-21(18)31-14(2)32-22)23(34)33-4-6-35-7-5-33/h8-13,29H,4-7,28H2,1-3H3,(H,30,31,32)/t13-/m1/s1. The highest BCUT2D eigenvalue weighted by Crippen LogP contribution is 2.34. The van der Waals surface area contributed by atoms with Gasteiger partial charge in [-0.1, -0.05) is 0 Å². The van der Waals surface area contributed by atoms with E-state index in [1.165, 1.54) is 6.07 Å². The van der Waals surface area contributed by atoms with Crippen LogP contribution in [0.3, 0.4) is 0 Å². The molecular weight excluding hydrogens is 461 g/mol. The number of anilines is 3. The van der Waals surface area contributed by atoms with Gasteiger partial charge in [0.2, 0.25) is 0 Å². The third-order valence-corrected chi connectivity index (χ3v) is 5.90. The lowest BCUT2D eigenvalue weighted by Gasteiger charge is -2.27. The van der Waals surface area contributed by atoms with Crippen LogP contribution >= 0.6 is 0 Å². The van der Waals surface area contributed by atoms with Gasteiger partial charge in [-0.2, -0.15) is 13.2 Å². The zero-order valence-electron chi connectivity index (χ0n) is 19.7. The number of ether oxygens (including phenoxy) is 1. The van der Waals surface area contributed by atoms with Crippen LogP contribution in [0.25, 0.3) is 10.9 Å². The summed E-state index contributed by atoms with van der Waals surface area (Å²) in [5.74, 6) is 0.772. The van der Waals surface area contributed by atoms with E-state index < -0.39 is 17.8 Å². The molecule has 1 saturated heterocycles. The molecule has 4 rings (SSSR count). The molecule has 0 spiro atoms. The Morgan fingerprint density at radius 1 is 1.14 bits per heavy atom. The van der Waals surface area contributed by atoms with E-state index in [-0.39, 0.29) is 11.6 Å². The summed E-state index contributed by atoms with van der Waals surface area (Å²) < 4.78 is 45.2. The Kier molecular flexibility index (Phi) is 6.70. The van der Waals surface area contributed by atoms with Crippen LogP contribution in [0.15, 0.2) is 30.3 Å². The van der Waals surface area contributed by atoms with Crippen LogP contribution in [0, 0.1) is 6.92 Å². The van der Waals surface area contributed by atoms with Crippen molar-refractivity contribution in [2.45, 2.75) is 26.1 Å². The fourth-order valence-corrected chi connectivity index (χ4v) is 4.10. The van der Waals surface area contributed by atoms with Gasteiger partial charge >= 0.3 is 6.18 Å². The van der Waals surface area contributed by atoms with Crippen LogP contribution in [0.2, 0.25) is 0 Å². The van der Waals surface area contributed by atoms with Crippen molar-refractivity contribution in [3.05, 3.63) is 52.8 Å².